The standard InChI is InChI=1S/C13H12O/c1-3-10-9(2)8-13(14)12-7-5-4-6-11(10)12/h3-8,14H,1H2,2H3. The van der Waals surface area contributed by atoms with Crippen LogP contribution in [-0.4, -0.2) is 5.11 Å². The second-order valence-corrected chi connectivity index (χ2v) is 3.38. The van der Waals surface area contributed by atoms with Gasteiger partial charge in [-0.3, -0.25) is 0 Å². The maximum absolute atomic E-state index is 9.74. The molecule has 70 valence electrons. The van der Waals surface area contributed by atoms with E-state index in [4.69, 9.17) is 0 Å². The number of fused-ring (bicyclic) bond motifs is 1. The third-order valence-electron chi connectivity index (χ3n) is 2.48. The lowest BCUT2D eigenvalue weighted by Crippen LogP contribution is -1.84. The number of aryl methyl sites for hydroxylation is 1. The molecule has 2 aromatic carbocycles. The van der Waals surface area contributed by atoms with Gasteiger partial charge in [-0.05, 0) is 29.5 Å². The van der Waals surface area contributed by atoms with Gasteiger partial charge in [0.2, 0.25) is 0 Å². The molecule has 0 bridgehead atoms. The van der Waals surface area contributed by atoms with E-state index in [9.17, 15) is 5.11 Å². The molecular formula is C13H12O. The second-order valence-electron chi connectivity index (χ2n) is 3.38. The molecule has 0 spiro atoms. The van der Waals surface area contributed by atoms with Crippen molar-refractivity contribution in [1.29, 1.82) is 0 Å². The molecule has 0 atom stereocenters. The molecule has 1 N–H and O–H groups in total. The number of aromatic hydroxyl groups is 1. The molecule has 0 aliphatic rings. The van der Waals surface area contributed by atoms with Crippen LogP contribution in [0.3, 0.4) is 0 Å². The fourth-order valence-electron chi connectivity index (χ4n) is 1.79. The van der Waals surface area contributed by atoms with Crippen molar-refractivity contribution in [2.24, 2.45) is 0 Å². The van der Waals surface area contributed by atoms with E-state index in [0.717, 1.165) is 21.9 Å². The molecule has 1 heteroatoms. The van der Waals surface area contributed by atoms with E-state index in [0.29, 0.717) is 5.75 Å². The fourth-order valence-corrected chi connectivity index (χ4v) is 1.79. The number of hydrogen-bond acceptors (Lipinski definition) is 1. The summed E-state index contributed by atoms with van der Waals surface area (Å²) in [6.45, 7) is 5.77. The highest BCUT2D eigenvalue weighted by molar-refractivity contribution is 5.95. The molecule has 2 rings (SSSR count). The van der Waals surface area contributed by atoms with Crippen LogP contribution in [0.1, 0.15) is 11.1 Å². The summed E-state index contributed by atoms with van der Waals surface area (Å²) < 4.78 is 0. The molecule has 0 aromatic heterocycles. The zero-order valence-corrected chi connectivity index (χ0v) is 8.12. The fraction of sp³-hybridized carbons (Fsp3) is 0.0769. The maximum atomic E-state index is 9.74. The Hall–Kier alpha value is -1.76. The van der Waals surface area contributed by atoms with Crippen LogP contribution >= 0.6 is 0 Å². The van der Waals surface area contributed by atoms with Gasteiger partial charge in [0.05, 0.1) is 0 Å². The number of benzene rings is 2. The Bertz CT molecular complexity index is 498. The predicted octanol–water partition coefficient (Wildman–Crippen LogP) is 3.50. The van der Waals surface area contributed by atoms with Gasteiger partial charge >= 0.3 is 0 Å². The zero-order valence-electron chi connectivity index (χ0n) is 8.12. The molecule has 0 aliphatic carbocycles. The Kier molecular flexibility index (Phi) is 2.01. The van der Waals surface area contributed by atoms with Crippen molar-refractivity contribution in [1.82, 2.24) is 0 Å². The second kappa shape index (κ2) is 3.18. The molecule has 0 heterocycles. The van der Waals surface area contributed by atoms with Gasteiger partial charge in [-0.25, -0.2) is 0 Å². The van der Waals surface area contributed by atoms with Crippen molar-refractivity contribution in [3.05, 3.63) is 48.0 Å². The summed E-state index contributed by atoms with van der Waals surface area (Å²) in [5.74, 6) is 0.337. The molecule has 14 heavy (non-hydrogen) atoms. The SMILES string of the molecule is C=Cc1c(C)cc(O)c2ccccc12. The minimum absolute atomic E-state index is 0.337. The molecule has 1 nitrogen and oxygen atoms in total. The number of phenolic OH excluding ortho intramolecular Hbond substituents is 1. The summed E-state index contributed by atoms with van der Waals surface area (Å²) >= 11 is 0. The van der Waals surface area contributed by atoms with Crippen molar-refractivity contribution < 1.29 is 5.11 Å². The van der Waals surface area contributed by atoms with Gasteiger partial charge in [0.15, 0.2) is 0 Å². The molecule has 0 amide bonds. The van der Waals surface area contributed by atoms with Gasteiger partial charge in [-0.15, -0.1) is 0 Å². The molecule has 0 fully saturated rings. The average Bonchev–Trinajstić information content (AvgIpc) is 2.18. The predicted molar refractivity (Wildman–Crippen MR) is 60.4 cm³/mol. The minimum atomic E-state index is 0.337. The smallest absolute Gasteiger partial charge is 0.123 e. The van der Waals surface area contributed by atoms with Gasteiger partial charge < -0.3 is 5.11 Å². The third kappa shape index (κ3) is 1.18. The third-order valence-corrected chi connectivity index (χ3v) is 2.48. The Labute approximate surface area is 83.3 Å². The Morgan fingerprint density at radius 1 is 1.21 bits per heavy atom. The molecule has 0 unspecified atom stereocenters. The van der Waals surface area contributed by atoms with Crippen molar-refractivity contribution >= 4 is 16.8 Å². The Morgan fingerprint density at radius 2 is 1.86 bits per heavy atom. The highest BCUT2D eigenvalue weighted by Crippen LogP contribution is 2.30. The van der Waals surface area contributed by atoms with Crippen molar-refractivity contribution in [3.8, 4) is 5.75 Å². The van der Waals surface area contributed by atoms with E-state index in [1.165, 1.54) is 0 Å². The van der Waals surface area contributed by atoms with Crippen LogP contribution < -0.4 is 0 Å². The van der Waals surface area contributed by atoms with Crippen LogP contribution in [0, 0.1) is 6.92 Å². The van der Waals surface area contributed by atoms with Crippen LogP contribution in [0.4, 0.5) is 0 Å². The van der Waals surface area contributed by atoms with Gasteiger partial charge in [-0.1, -0.05) is 36.9 Å². The van der Waals surface area contributed by atoms with Crippen molar-refractivity contribution in [2.45, 2.75) is 6.92 Å². The van der Waals surface area contributed by atoms with E-state index >= 15 is 0 Å². The lowest BCUT2D eigenvalue weighted by molar-refractivity contribution is 0.481. The topological polar surface area (TPSA) is 20.2 Å². The molecule has 0 saturated heterocycles. The summed E-state index contributed by atoms with van der Waals surface area (Å²) in [5.41, 5.74) is 2.15. The quantitative estimate of drug-likeness (QED) is 0.719. The first-order chi connectivity index (χ1) is 6.74. The normalized spacial score (nSPS) is 10.4. The van der Waals surface area contributed by atoms with Gasteiger partial charge in [0.25, 0.3) is 0 Å². The van der Waals surface area contributed by atoms with E-state index < -0.39 is 0 Å². The summed E-state index contributed by atoms with van der Waals surface area (Å²) in [5, 5.41) is 11.7. The van der Waals surface area contributed by atoms with E-state index in [-0.39, 0.29) is 0 Å². The summed E-state index contributed by atoms with van der Waals surface area (Å²) in [6, 6.07) is 9.58. The first-order valence-electron chi connectivity index (χ1n) is 4.58. The van der Waals surface area contributed by atoms with E-state index in [2.05, 4.69) is 6.58 Å². The Balaban J connectivity index is 2.97. The molecule has 0 saturated carbocycles. The zero-order chi connectivity index (χ0) is 10.1. The van der Waals surface area contributed by atoms with E-state index in [1.807, 2.05) is 37.3 Å². The van der Waals surface area contributed by atoms with Crippen LogP contribution in [0.2, 0.25) is 0 Å². The molecular weight excluding hydrogens is 172 g/mol. The van der Waals surface area contributed by atoms with E-state index in [1.54, 1.807) is 6.07 Å². The summed E-state index contributed by atoms with van der Waals surface area (Å²) in [4.78, 5) is 0. The van der Waals surface area contributed by atoms with Crippen LogP contribution in [-0.2, 0) is 0 Å². The van der Waals surface area contributed by atoms with Gasteiger partial charge in [0.1, 0.15) is 5.75 Å². The summed E-state index contributed by atoms with van der Waals surface area (Å²) in [7, 11) is 0. The maximum Gasteiger partial charge on any atom is 0.123 e. The Morgan fingerprint density at radius 3 is 2.50 bits per heavy atom. The first kappa shape index (κ1) is 8.82. The van der Waals surface area contributed by atoms with Crippen LogP contribution in [0.15, 0.2) is 36.9 Å². The molecule has 0 radical (unpaired) electrons. The van der Waals surface area contributed by atoms with Crippen molar-refractivity contribution in [2.75, 3.05) is 0 Å². The summed E-state index contributed by atoms with van der Waals surface area (Å²) in [6.07, 6.45) is 1.83. The highest BCUT2D eigenvalue weighted by atomic mass is 16.3. The number of hydrogen-bond donors (Lipinski definition) is 1. The number of phenols is 1. The molecule has 2 aromatic rings. The van der Waals surface area contributed by atoms with Crippen LogP contribution in [0.25, 0.3) is 16.8 Å². The highest BCUT2D eigenvalue weighted by Gasteiger charge is 2.05. The lowest BCUT2D eigenvalue weighted by Gasteiger charge is -2.07. The van der Waals surface area contributed by atoms with Crippen molar-refractivity contribution in [3.63, 3.8) is 0 Å². The van der Waals surface area contributed by atoms with Gasteiger partial charge in [0, 0.05) is 5.39 Å². The lowest BCUT2D eigenvalue weighted by atomic mass is 9.99. The van der Waals surface area contributed by atoms with Gasteiger partial charge in [-0.2, -0.15) is 0 Å². The molecule has 0 aliphatic heterocycles. The monoisotopic (exact) mass is 184 g/mol. The van der Waals surface area contributed by atoms with Crippen LogP contribution in [0.5, 0.6) is 5.75 Å². The minimum Gasteiger partial charge on any atom is -0.507 e. The average molecular weight is 184 g/mol. The largest absolute Gasteiger partial charge is 0.507 e. The first-order valence-corrected chi connectivity index (χ1v) is 4.58. The number of rotatable bonds is 1.